The Kier molecular flexibility index (Phi) is 4.65. The zero-order valence-electron chi connectivity index (χ0n) is 7.94. The summed E-state index contributed by atoms with van der Waals surface area (Å²) in [6.07, 6.45) is -4.73. The first-order valence-electron chi connectivity index (χ1n) is 3.92. The van der Waals surface area contributed by atoms with E-state index in [0.29, 0.717) is 9.26 Å². The van der Waals surface area contributed by atoms with E-state index in [2.05, 4.69) is 25.7 Å². The predicted octanol–water partition coefficient (Wildman–Crippen LogP) is 3.49. The monoisotopic (exact) mass is 411 g/mol. The average Bonchev–Trinajstić information content (AvgIpc) is 2.14. The van der Waals surface area contributed by atoms with Gasteiger partial charge in [-0.3, -0.25) is 0 Å². The first-order valence-corrected chi connectivity index (χ1v) is 6.12. The first kappa shape index (κ1) is 13.8. The summed E-state index contributed by atoms with van der Waals surface area (Å²) >= 11 is 4.90. The SMILES string of the molecule is COc1cc(OC(F)(F)F)c(CBr)c(I)n1. The number of hydrogen-bond donors (Lipinski definition) is 0. The highest BCUT2D eigenvalue weighted by molar-refractivity contribution is 14.1. The second-order valence-corrected chi connectivity index (χ2v) is 4.20. The smallest absolute Gasteiger partial charge is 0.481 e. The lowest BCUT2D eigenvalue weighted by atomic mass is 10.3. The van der Waals surface area contributed by atoms with Crippen molar-refractivity contribution in [3.63, 3.8) is 0 Å². The molecular weight excluding hydrogens is 406 g/mol. The minimum Gasteiger partial charge on any atom is -0.481 e. The number of rotatable bonds is 3. The van der Waals surface area contributed by atoms with E-state index in [9.17, 15) is 13.2 Å². The minimum absolute atomic E-state index is 0.0772. The van der Waals surface area contributed by atoms with Gasteiger partial charge in [0.05, 0.1) is 7.11 Å². The van der Waals surface area contributed by atoms with Gasteiger partial charge in [0.25, 0.3) is 0 Å². The molecule has 0 aromatic carbocycles. The van der Waals surface area contributed by atoms with Gasteiger partial charge in [0.2, 0.25) is 5.88 Å². The Bertz CT molecular complexity index is 386. The number of pyridine rings is 1. The molecule has 16 heavy (non-hydrogen) atoms. The Morgan fingerprint density at radius 1 is 1.50 bits per heavy atom. The zero-order valence-corrected chi connectivity index (χ0v) is 11.7. The van der Waals surface area contributed by atoms with Gasteiger partial charge in [-0.25, -0.2) is 4.98 Å². The van der Waals surface area contributed by atoms with E-state index in [1.165, 1.54) is 7.11 Å². The van der Waals surface area contributed by atoms with Gasteiger partial charge in [0, 0.05) is 17.0 Å². The summed E-state index contributed by atoms with van der Waals surface area (Å²) < 4.78 is 45.4. The van der Waals surface area contributed by atoms with E-state index >= 15 is 0 Å². The molecule has 0 aliphatic heterocycles. The average molecular weight is 412 g/mol. The van der Waals surface area contributed by atoms with Gasteiger partial charge in [-0.15, -0.1) is 13.2 Å². The lowest BCUT2D eigenvalue weighted by Crippen LogP contribution is -2.18. The van der Waals surface area contributed by atoms with E-state index < -0.39 is 6.36 Å². The maximum Gasteiger partial charge on any atom is 0.573 e. The fourth-order valence-electron chi connectivity index (χ4n) is 0.939. The predicted molar refractivity (Wildman–Crippen MR) is 62.8 cm³/mol. The van der Waals surface area contributed by atoms with E-state index in [1.54, 1.807) is 0 Å². The van der Waals surface area contributed by atoms with Gasteiger partial charge in [0.1, 0.15) is 9.45 Å². The molecular formula is C8H6BrF3INO2. The summed E-state index contributed by atoms with van der Waals surface area (Å²) in [5, 5.41) is 0.216. The van der Waals surface area contributed by atoms with Gasteiger partial charge < -0.3 is 9.47 Å². The van der Waals surface area contributed by atoms with Crippen LogP contribution in [0.4, 0.5) is 13.2 Å². The molecule has 1 aromatic heterocycles. The minimum atomic E-state index is -4.73. The molecule has 0 aliphatic rings. The molecule has 0 radical (unpaired) electrons. The fourth-order valence-corrected chi connectivity index (χ4v) is 2.70. The maximum absolute atomic E-state index is 12.1. The van der Waals surface area contributed by atoms with Crippen LogP contribution in [0, 0.1) is 3.70 Å². The molecule has 90 valence electrons. The van der Waals surface area contributed by atoms with E-state index in [1.807, 2.05) is 22.6 Å². The molecule has 0 N–H and O–H groups in total. The van der Waals surface area contributed by atoms with Crippen LogP contribution in [-0.4, -0.2) is 18.5 Å². The molecule has 0 fully saturated rings. The van der Waals surface area contributed by atoms with Crippen molar-refractivity contribution >= 4 is 38.5 Å². The van der Waals surface area contributed by atoms with Gasteiger partial charge in [-0.2, -0.15) is 0 Å². The standard InChI is InChI=1S/C8H6BrF3INO2/c1-15-6-2-5(16-8(10,11)12)4(3-9)7(13)14-6/h2H,3H2,1H3. The molecule has 0 atom stereocenters. The number of aromatic nitrogens is 1. The number of ether oxygens (including phenoxy) is 2. The van der Waals surface area contributed by atoms with Crippen molar-refractivity contribution < 1.29 is 22.6 Å². The molecule has 0 saturated carbocycles. The normalized spacial score (nSPS) is 11.4. The Labute approximate surface area is 112 Å². The summed E-state index contributed by atoms with van der Waals surface area (Å²) in [7, 11) is 1.32. The van der Waals surface area contributed by atoms with Gasteiger partial charge >= 0.3 is 6.36 Å². The number of hydrogen-bond acceptors (Lipinski definition) is 3. The van der Waals surface area contributed by atoms with Crippen LogP contribution < -0.4 is 9.47 Å². The van der Waals surface area contributed by atoms with Crippen LogP contribution in [0.1, 0.15) is 5.56 Å². The van der Waals surface area contributed by atoms with Crippen molar-refractivity contribution in [3.05, 3.63) is 15.3 Å². The third-order valence-corrected chi connectivity index (χ3v) is 3.03. The van der Waals surface area contributed by atoms with Gasteiger partial charge in [-0.1, -0.05) is 15.9 Å². The number of nitrogens with zero attached hydrogens (tertiary/aromatic N) is 1. The highest BCUT2D eigenvalue weighted by atomic mass is 127. The summed E-state index contributed by atoms with van der Waals surface area (Å²) in [5.41, 5.74) is 0.332. The van der Waals surface area contributed by atoms with Gasteiger partial charge in [0.15, 0.2) is 0 Å². The quantitative estimate of drug-likeness (QED) is 0.433. The van der Waals surface area contributed by atoms with Crippen molar-refractivity contribution in [1.29, 1.82) is 0 Å². The van der Waals surface area contributed by atoms with Gasteiger partial charge in [-0.05, 0) is 22.6 Å². The van der Waals surface area contributed by atoms with Crippen molar-refractivity contribution in [2.75, 3.05) is 7.11 Å². The second kappa shape index (κ2) is 5.39. The molecule has 3 nitrogen and oxygen atoms in total. The first-order chi connectivity index (χ1) is 7.37. The third kappa shape index (κ3) is 3.65. The highest BCUT2D eigenvalue weighted by Crippen LogP contribution is 2.32. The summed E-state index contributed by atoms with van der Waals surface area (Å²) in [6.45, 7) is 0. The summed E-state index contributed by atoms with van der Waals surface area (Å²) in [6, 6.07) is 1.10. The number of halogens is 5. The molecule has 8 heteroatoms. The van der Waals surface area contributed by atoms with Crippen LogP contribution in [0.3, 0.4) is 0 Å². The summed E-state index contributed by atoms with van der Waals surface area (Å²) in [5.74, 6) is -0.228. The van der Waals surface area contributed by atoms with Crippen LogP contribution in [0.5, 0.6) is 11.6 Å². The second-order valence-electron chi connectivity index (χ2n) is 2.61. The van der Waals surface area contributed by atoms with Crippen molar-refractivity contribution in [3.8, 4) is 11.6 Å². The molecule has 1 rings (SSSR count). The third-order valence-electron chi connectivity index (χ3n) is 1.58. The largest absolute Gasteiger partial charge is 0.573 e. The molecule has 0 amide bonds. The Balaban J connectivity index is 3.18. The molecule has 0 bridgehead atoms. The lowest BCUT2D eigenvalue weighted by molar-refractivity contribution is -0.274. The Morgan fingerprint density at radius 2 is 2.12 bits per heavy atom. The van der Waals surface area contributed by atoms with Crippen LogP contribution in [0.25, 0.3) is 0 Å². The van der Waals surface area contributed by atoms with E-state index in [0.717, 1.165) is 6.07 Å². The van der Waals surface area contributed by atoms with E-state index in [-0.39, 0.29) is 17.0 Å². The maximum atomic E-state index is 12.1. The Morgan fingerprint density at radius 3 is 2.56 bits per heavy atom. The van der Waals surface area contributed by atoms with Crippen molar-refractivity contribution in [1.82, 2.24) is 4.98 Å². The number of alkyl halides is 4. The van der Waals surface area contributed by atoms with Crippen LogP contribution >= 0.6 is 38.5 Å². The number of methoxy groups -OCH3 is 1. The zero-order chi connectivity index (χ0) is 12.3. The summed E-state index contributed by atoms with van der Waals surface area (Å²) in [4.78, 5) is 3.94. The van der Waals surface area contributed by atoms with Crippen molar-refractivity contribution in [2.45, 2.75) is 11.7 Å². The molecule has 0 unspecified atom stereocenters. The molecule has 0 aliphatic carbocycles. The molecule has 1 aromatic rings. The fraction of sp³-hybridized carbons (Fsp3) is 0.375. The van der Waals surface area contributed by atoms with Crippen molar-refractivity contribution in [2.24, 2.45) is 0 Å². The Hall–Kier alpha value is -0.250. The highest BCUT2D eigenvalue weighted by Gasteiger charge is 2.32. The lowest BCUT2D eigenvalue weighted by Gasteiger charge is -2.13. The molecule has 0 spiro atoms. The molecule has 1 heterocycles. The van der Waals surface area contributed by atoms with Crippen LogP contribution in [0.2, 0.25) is 0 Å². The van der Waals surface area contributed by atoms with Crippen LogP contribution in [-0.2, 0) is 5.33 Å². The topological polar surface area (TPSA) is 31.4 Å². The molecule has 0 saturated heterocycles. The van der Waals surface area contributed by atoms with Crippen LogP contribution in [0.15, 0.2) is 6.07 Å². The van der Waals surface area contributed by atoms with E-state index in [4.69, 9.17) is 4.74 Å².